The van der Waals surface area contributed by atoms with Crippen LogP contribution in [0.5, 0.6) is 0 Å². The first kappa shape index (κ1) is 16.2. The first-order valence-electron chi connectivity index (χ1n) is 6.62. The summed E-state index contributed by atoms with van der Waals surface area (Å²) >= 11 is 0. The lowest BCUT2D eigenvalue weighted by atomic mass is 10.0. The molecule has 2 nitrogen and oxygen atoms in total. The molecule has 0 saturated carbocycles. The second kappa shape index (κ2) is 7.50. The van der Waals surface area contributed by atoms with Crippen LogP contribution >= 0.6 is 7.37 Å². The second-order valence-electron chi connectivity index (χ2n) is 5.64. The molecule has 98 valence electrons. The van der Waals surface area contributed by atoms with E-state index < -0.39 is 7.37 Å². The van der Waals surface area contributed by atoms with E-state index in [4.69, 9.17) is 0 Å². The third-order valence-electron chi connectivity index (χ3n) is 3.02. The van der Waals surface area contributed by atoms with Crippen molar-refractivity contribution in [2.75, 3.05) is 6.16 Å². The van der Waals surface area contributed by atoms with Gasteiger partial charge in [0.25, 0.3) is 0 Å². The molecular formula is C13H29O2P. The Balaban J connectivity index is 4.44. The number of rotatable bonds is 8. The van der Waals surface area contributed by atoms with E-state index in [1.807, 2.05) is 13.8 Å². The Morgan fingerprint density at radius 2 is 1.69 bits per heavy atom. The van der Waals surface area contributed by atoms with Crippen molar-refractivity contribution in [1.29, 1.82) is 0 Å². The predicted octanol–water partition coefficient (Wildman–Crippen LogP) is 4.52. The molecule has 0 amide bonds. The van der Waals surface area contributed by atoms with Gasteiger partial charge in [-0.1, -0.05) is 53.9 Å². The van der Waals surface area contributed by atoms with Gasteiger partial charge in [-0.15, -0.1) is 0 Å². The smallest absolute Gasteiger partial charge is 0.204 e. The van der Waals surface area contributed by atoms with Crippen molar-refractivity contribution in [2.45, 2.75) is 66.0 Å². The lowest BCUT2D eigenvalue weighted by Gasteiger charge is -2.27. The van der Waals surface area contributed by atoms with Gasteiger partial charge < -0.3 is 4.89 Å². The van der Waals surface area contributed by atoms with Crippen LogP contribution in [0.1, 0.15) is 60.3 Å². The largest absolute Gasteiger partial charge is 0.344 e. The zero-order valence-electron chi connectivity index (χ0n) is 11.6. The minimum Gasteiger partial charge on any atom is -0.344 e. The van der Waals surface area contributed by atoms with E-state index in [9.17, 15) is 9.46 Å². The van der Waals surface area contributed by atoms with Gasteiger partial charge in [0.1, 0.15) is 0 Å². The molecular weight excluding hydrogens is 219 g/mol. The lowest BCUT2D eigenvalue weighted by Crippen LogP contribution is -2.19. The van der Waals surface area contributed by atoms with Gasteiger partial charge in [-0.05, 0) is 18.3 Å². The molecule has 0 aromatic rings. The Kier molecular flexibility index (Phi) is 7.59. The Hall–Kier alpha value is 0.190. The third-order valence-corrected chi connectivity index (χ3v) is 6.16. The van der Waals surface area contributed by atoms with Crippen LogP contribution in [0.2, 0.25) is 0 Å². The van der Waals surface area contributed by atoms with Crippen molar-refractivity contribution in [3.8, 4) is 0 Å². The monoisotopic (exact) mass is 248 g/mol. The van der Waals surface area contributed by atoms with Crippen molar-refractivity contribution in [3.05, 3.63) is 0 Å². The fraction of sp³-hybridized carbons (Fsp3) is 1.00. The molecule has 0 aliphatic rings. The van der Waals surface area contributed by atoms with Crippen LogP contribution in [0.15, 0.2) is 0 Å². The number of unbranched alkanes of at least 4 members (excludes halogenated alkanes) is 2. The summed E-state index contributed by atoms with van der Waals surface area (Å²) in [6, 6.07) is 0. The Labute approximate surface area is 101 Å². The molecule has 0 bridgehead atoms. The van der Waals surface area contributed by atoms with Crippen LogP contribution in [0.4, 0.5) is 0 Å². The summed E-state index contributed by atoms with van der Waals surface area (Å²) in [6.07, 6.45) is 4.81. The molecule has 2 unspecified atom stereocenters. The highest BCUT2D eigenvalue weighted by Gasteiger charge is 2.33. The van der Waals surface area contributed by atoms with Crippen LogP contribution in [-0.2, 0) is 4.57 Å². The maximum absolute atomic E-state index is 12.3. The SMILES string of the molecule is CCCCCC(C(C)C)P(=O)(O)CC(C)C. The molecule has 0 heterocycles. The summed E-state index contributed by atoms with van der Waals surface area (Å²) in [5, 5.41) is 0. The summed E-state index contributed by atoms with van der Waals surface area (Å²) in [7, 11) is -2.96. The zero-order chi connectivity index (χ0) is 12.8. The van der Waals surface area contributed by atoms with E-state index >= 15 is 0 Å². The maximum Gasteiger partial charge on any atom is 0.204 e. The second-order valence-corrected chi connectivity index (χ2v) is 8.18. The summed E-state index contributed by atoms with van der Waals surface area (Å²) in [6.45, 7) is 10.3. The molecule has 0 aromatic carbocycles. The standard InChI is InChI=1S/C13H29O2P/c1-6-7-8-9-13(12(4)5)16(14,15)10-11(2)3/h11-13H,6-10H2,1-5H3,(H,14,15). The minimum absolute atomic E-state index is 0.00134. The van der Waals surface area contributed by atoms with Crippen molar-refractivity contribution in [2.24, 2.45) is 11.8 Å². The van der Waals surface area contributed by atoms with Crippen molar-refractivity contribution in [1.82, 2.24) is 0 Å². The summed E-state index contributed by atoms with van der Waals surface area (Å²) < 4.78 is 12.3. The zero-order valence-corrected chi connectivity index (χ0v) is 12.5. The normalized spacial score (nSPS) is 17.8. The topological polar surface area (TPSA) is 37.3 Å². The highest BCUT2D eigenvalue weighted by molar-refractivity contribution is 7.58. The molecule has 1 N–H and O–H groups in total. The molecule has 0 aromatic heterocycles. The summed E-state index contributed by atoms with van der Waals surface area (Å²) in [5.41, 5.74) is 0.00134. The first-order valence-corrected chi connectivity index (χ1v) is 8.54. The van der Waals surface area contributed by atoms with E-state index in [1.54, 1.807) is 0 Å². The molecule has 0 aliphatic heterocycles. The highest BCUT2D eigenvalue weighted by Crippen LogP contribution is 2.52. The Morgan fingerprint density at radius 1 is 1.12 bits per heavy atom. The van der Waals surface area contributed by atoms with Gasteiger partial charge in [0, 0.05) is 11.8 Å². The van der Waals surface area contributed by atoms with E-state index in [-0.39, 0.29) is 5.66 Å². The van der Waals surface area contributed by atoms with E-state index in [0.29, 0.717) is 18.0 Å². The first-order chi connectivity index (χ1) is 7.31. The van der Waals surface area contributed by atoms with Crippen LogP contribution in [0.25, 0.3) is 0 Å². The van der Waals surface area contributed by atoms with Crippen molar-refractivity contribution in [3.63, 3.8) is 0 Å². The van der Waals surface area contributed by atoms with Crippen LogP contribution in [0, 0.1) is 11.8 Å². The Bertz CT molecular complexity index is 224. The fourth-order valence-corrected chi connectivity index (χ4v) is 5.10. The lowest BCUT2D eigenvalue weighted by molar-refractivity contribution is 0.415. The van der Waals surface area contributed by atoms with Gasteiger partial charge in [-0.3, -0.25) is 4.57 Å². The van der Waals surface area contributed by atoms with Gasteiger partial charge in [-0.25, -0.2) is 0 Å². The summed E-state index contributed by atoms with van der Waals surface area (Å²) in [5.74, 6) is 0.620. The number of hydrogen-bond acceptors (Lipinski definition) is 1. The maximum atomic E-state index is 12.3. The van der Waals surface area contributed by atoms with Crippen LogP contribution in [-0.4, -0.2) is 16.7 Å². The quantitative estimate of drug-likeness (QED) is 0.506. The molecule has 0 saturated heterocycles. The van der Waals surface area contributed by atoms with E-state index in [2.05, 4.69) is 20.8 Å². The Morgan fingerprint density at radius 3 is 2.06 bits per heavy atom. The minimum atomic E-state index is -2.96. The van der Waals surface area contributed by atoms with Gasteiger partial charge in [0.2, 0.25) is 7.37 Å². The number of hydrogen-bond donors (Lipinski definition) is 1. The molecule has 0 rings (SSSR count). The van der Waals surface area contributed by atoms with Gasteiger partial charge in [0.05, 0.1) is 0 Å². The van der Waals surface area contributed by atoms with E-state index in [1.165, 1.54) is 12.8 Å². The molecule has 0 radical (unpaired) electrons. The fourth-order valence-electron chi connectivity index (χ4n) is 2.26. The molecule has 0 spiro atoms. The third kappa shape index (κ3) is 6.06. The molecule has 2 atom stereocenters. The molecule has 0 aliphatic carbocycles. The summed E-state index contributed by atoms with van der Waals surface area (Å²) in [4.78, 5) is 10.2. The highest BCUT2D eigenvalue weighted by atomic mass is 31.2. The predicted molar refractivity (Wildman–Crippen MR) is 72.3 cm³/mol. The van der Waals surface area contributed by atoms with E-state index in [0.717, 1.165) is 12.8 Å². The van der Waals surface area contributed by atoms with Gasteiger partial charge >= 0.3 is 0 Å². The van der Waals surface area contributed by atoms with Gasteiger partial charge in [0.15, 0.2) is 0 Å². The van der Waals surface area contributed by atoms with Crippen LogP contribution < -0.4 is 0 Å². The molecule has 0 fully saturated rings. The molecule has 3 heteroatoms. The average molecular weight is 248 g/mol. The van der Waals surface area contributed by atoms with Gasteiger partial charge in [-0.2, -0.15) is 0 Å². The van der Waals surface area contributed by atoms with Crippen LogP contribution in [0.3, 0.4) is 0 Å². The average Bonchev–Trinajstić information content (AvgIpc) is 2.08. The van der Waals surface area contributed by atoms with Crippen molar-refractivity contribution < 1.29 is 9.46 Å². The van der Waals surface area contributed by atoms with Crippen molar-refractivity contribution >= 4 is 7.37 Å². The molecule has 16 heavy (non-hydrogen) atoms.